The van der Waals surface area contributed by atoms with E-state index < -0.39 is 5.97 Å². The molecule has 0 spiro atoms. The number of rotatable bonds is 5. The summed E-state index contributed by atoms with van der Waals surface area (Å²) in [6, 6.07) is 13.3. The van der Waals surface area contributed by atoms with Crippen molar-refractivity contribution in [2.75, 3.05) is 24.6 Å². The molecule has 1 fully saturated rings. The van der Waals surface area contributed by atoms with Gasteiger partial charge >= 0.3 is 5.97 Å². The van der Waals surface area contributed by atoms with Crippen molar-refractivity contribution in [2.45, 2.75) is 19.5 Å². The first-order valence-electron chi connectivity index (χ1n) is 10.5. The lowest BCUT2D eigenvalue weighted by molar-refractivity contribution is -0.136. The second kappa shape index (κ2) is 8.40. The maximum absolute atomic E-state index is 13.8. The smallest absolute Gasteiger partial charge is 0.307 e. The zero-order valence-electron chi connectivity index (χ0n) is 17.6. The monoisotopic (exact) mass is 449 g/mol. The van der Waals surface area contributed by atoms with E-state index in [0.717, 1.165) is 46.8 Å². The Hall–Kier alpha value is -3.17. The van der Waals surface area contributed by atoms with Gasteiger partial charge in [-0.05, 0) is 30.2 Å². The lowest BCUT2D eigenvalue weighted by Gasteiger charge is -2.35. The molecule has 32 heavy (non-hydrogen) atoms. The molecule has 0 saturated carbocycles. The van der Waals surface area contributed by atoms with E-state index in [1.807, 2.05) is 65.6 Å². The number of carbonyl (C=O) groups is 1. The normalized spacial score (nSPS) is 15.9. The number of aromatic nitrogens is 4. The average molecular weight is 450 g/mol. The number of hydrogen-bond donors (Lipinski definition) is 1. The molecular formula is C23H23N5O3S. The van der Waals surface area contributed by atoms with E-state index in [9.17, 15) is 9.59 Å². The van der Waals surface area contributed by atoms with E-state index >= 15 is 0 Å². The molecule has 0 bridgehead atoms. The SMILES string of the molecule is Cc1ccc2c(c1)c(=O)n(C(c1ccc(CC(=O)O)cc1)N1CCSCC1)c1nncn21. The van der Waals surface area contributed by atoms with Gasteiger partial charge in [0.25, 0.3) is 5.56 Å². The minimum absolute atomic E-state index is 0.0328. The summed E-state index contributed by atoms with van der Waals surface area (Å²) in [6.07, 6.45) is 1.25. The Kier molecular flexibility index (Phi) is 5.44. The van der Waals surface area contributed by atoms with Gasteiger partial charge in [0.2, 0.25) is 5.78 Å². The summed E-state index contributed by atoms with van der Waals surface area (Å²) in [7, 11) is 0. The number of thioether (sulfide) groups is 1. The molecule has 2 aromatic carbocycles. The van der Waals surface area contributed by atoms with Crippen molar-refractivity contribution in [2.24, 2.45) is 0 Å². The lowest BCUT2D eigenvalue weighted by atomic mass is 10.1. The molecule has 3 heterocycles. The number of carboxylic acid groups (broad SMARTS) is 1. The summed E-state index contributed by atoms with van der Waals surface area (Å²) in [5.74, 6) is 1.59. The molecule has 0 aliphatic carbocycles. The average Bonchev–Trinajstić information content (AvgIpc) is 3.27. The molecule has 1 saturated heterocycles. The summed E-state index contributed by atoms with van der Waals surface area (Å²) in [5, 5.41) is 18.2. The van der Waals surface area contributed by atoms with E-state index in [1.54, 1.807) is 10.9 Å². The fourth-order valence-corrected chi connectivity index (χ4v) is 5.29. The van der Waals surface area contributed by atoms with E-state index in [1.165, 1.54) is 0 Å². The van der Waals surface area contributed by atoms with Gasteiger partial charge < -0.3 is 5.11 Å². The van der Waals surface area contributed by atoms with Crippen LogP contribution in [0.1, 0.15) is 22.9 Å². The van der Waals surface area contributed by atoms with E-state index in [0.29, 0.717) is 11.2 Å². The Morgan fingerprint density at radius 1 is 1.16 bits per heavy atom. The minimum atomic E-state index is -0.867. The Balaban J connectivity index is 1.74. The van der Waals surface area contributed by atoms with Crippen LogP contribution in [0.25, 0.3) is 16.7 Å². The number of nitrogens with zero attached hydrogens (tertiary/aromatic N) is 5. The number of aryl methyl sites for hydroxylation is 1. The van der Waals surface area contributed by atoms with Crippen LogP contribution in [0.15, 0.2) is 53.6 Å². The van der Waals surface area contributed by atoms with Gasteiger partial charge in [0, 0.05) is 24.6 Å². The fourth-order valence-electron chi connectivity index (χ4n) is 4.36. The first-order valence-corrected chi connectivity index (χ1v) is 11.7. The highest BCUT2D eigenvalue weighted by molar-refractivity contribution is 7.99. The summed E-state index contributed by atoms with van der Waals surface area (Å²) in [5.41, 5.74) is 3.33. The van der Waals surface area contributed by atoms with Crippen LogP contribution in [-0.4, -0.2) is 59.7 Å². The largest absolute Gasteiger partial charge is 0.481 e. The van der Waals surface area contributed by atoms with E-state index in [-0.39, 0.29) is 18.1 Å². The van der Waals surface area contributed by atoms with Crippen molar-refractivity contribution in [3.8, 4) is 0 Å². The Morgan fingerprint density at radius 2 is 1.91 bits per heavy atom. The van der Waals surface area contributed by atoms with Crippen LogP contribution in [0, 0.1) is 6.92 Å². The zero-order chi connectivity index (χ0) is 22.2. The molecule has 5 rings (SSSR count). The van der Waals surface area contributed by atoms with Gasteiger partial charge in [-0.2, -0.15) is 11.8 Å². The predicted octanol–water partition coefficient (Wildman–Crippen LogP) is 2.58. The van der Waals surface area contributed by atoms with Crippen LogP contribution in [0.2, 0.25) is 0 Å². The number of aliphatic carboxylic acids is 1. The van der Waals surface area contributed by atoms with Crippen molar-refractivity contribution in [3.05, 3.63) is 75.8 Å². The molecule has 1 atom stereocenters. The van der Waals surface area contributed by atoms with E-state index in [2.05, 4.69) is 15.1 Å². The van der Waals surface area contributed by atoms with Crippen LogP contribution < -0.4 is 5.56 Å². The third-order valence-corrected chi connectivity index (χ3v) is 6.82. The molecular weight excluding hydrogens is 426 g/mol. The van der Waals surface area contributed by atoms with Gasteiger partial charge in [-0.25, -0.2) is 0 Å². The maximum Gasteiger partial charge on any atom is 0.307 e. The van der Waals surface area contributed by atoms with Crippen LogP contribution >= 0.6 is 11.8 Å². The Bertz CT molecular complexity index is 1360. The molecule has 9 heteroatoms. The van der Waals surface area contributed by atoms with Gasteiger partial charge in [-0.15, -0.1) is 10.2 Å². The standard InChI is InChI=1S/C23H23N5O3S/c1-15-2-7-19-18(12-15)22(31)28(23-25-24-14-27(19)23)21(26-8-10-32-11-9-26)17-5-3-16(4-6-17)13-20(29)30/h2-7,12,14,21H,8-11,13H2,1H3,(H,29,30). The van der Waals surface area contributed by atoms with Gasteiger partial charge in [0.05, 0.1) is 17.3 Å². The van der Waals surface area contributed by atoms with Crippen molar-refractivity contribution in [3.63, 3.8) is 0 Å². The third-order valence-electron chi connectivity index (χ3n) is 5.88. The predicted molar refractivity (Wildman–Crippen MR) is 124 cm³/mol. The first-order chi connectivity index (χ1) is 15.5. The molecule has 1 unspecified atom stereocenters. The van der Waals surface area contributed by atoms with Crippen molar-refractivity contribution in [1.82, 2.24) is 24.1 Å². The van der Waals surface area contributed by atoms with Gasteiger partial charge in [-0.3, -0.25) is 23.5 Å². The third kappa shape index (κ3) is 3.67. The maximum atomic E-state index is 13.8. The highest BCUT2D eigenvalue weighted by atomic mass is 32.2. The number of benzene rings is 2. The lowest BCUT2D eigenvalue weighted by Crippen LogP contribution is -2.43. The van der Waals surface area contributed by atoms with Crippen LogP contribution in [0.5, 0.6) is 0 Å². The van der Waals surface area contributed by atoms with Crippen LogP contribution in [0.3, 0.4) is 0 Å². The first kappa shape index (κ1) is 20.7. The molecule has 164 valence electrons. The zero-order valence-corrected chi connectivity index (χ0v) is 18.5. The molecule has 2 aromatic heterocycles. The second-order valence-electron chi connectivity index (χ2n) is 8.03. The van der Waals surface area contributed by atoms with Crippen molar-refractivity contribution < 1.29 is 9.90 Å². The summed E-state index contributed by atoms with van der Waals surface area (Å²) >= 11 is 1.90. The van der Waals surface area contributed by atoms with Gasteiger partial charge in [0.1, 0.15) is 12.5 Å². The molecule has 1 aliphatic heterocycles. The minimum Gasteiger partial charge on any atom is -0.481 e. The van der Waals surface area contributed by atoms with Crippen molar-refractivity contribution in [1.29, 1.82) is 0 Å². The molecule has 0 radical (unpaired) electrons. The summed E-state index contributed by atoms with van der Waals surface area (Å²) in [4.78, 5) is 27.2. The molecule has 1 N–H and O–H groups in total. The highest BCUT2D eigenvalue weighted by Crippen LogP contribution is 2.28. The van der Waals surface area contributed by atoms with Crippen LogP contribution in [-0.2, 0) is 11.2 Å². The van der Waals surface area contributed by atoms with Crippen molar-refractivity contribution >= 4 is 34.4 Å². The quantitative estimate of drug-likeness (QED) is 0.501. The summed E-state index contributed by atoms with van der Waals surface area (Å²) in [6.45, 7) is 3.65. The van der Waals surface area contributed by atoms with E-state index in [4.69, 9.17) is 5.11 Å². The molecule has 1 aliphatic rings. The number of hydrogen-bond acceptors (Lipinski definition) is 6. The fraction of sp³-hybridized carbons (Fsp3) is 0.304. The molecule has 4 aromatic rings. The Morgan fingerprint density at radius 3 is 2.62 bits per heavy atom. The number of carboxylic acids is 1. The van der Waals surface area contributed by atoms with Crippen LogP contribution in [0.4, 0.5) is 0 Å². The van der Waals surface area contributed by atoms with Gasteiger partial charge in [-0.1, -0.05) is 35.9 Å². The molecule has 0 amide bonds. The second-order valence-corrected chi connectivity index (χ2v) is 9.26. The highest BCUT2D eigenvalue weighted by Gasteiger charge is 2.28. The Labute approximate surface area is 188 Å². The number of fused-ring (bicyclic) bond motifs is 3. The molecule has 8 nitrogen and oxygen atoms in total. The van der Waals surface area contributed by atoms with Gasteiger partial charge in [0.15, 0.2) is 0 Å². The topological polar surface area (TPSA) is 92.7 Å². The summed E-state index contributed by atoms with van der Waals surface area (Å²) < 4.78 is 3.59.